The van der Waals surface area contributed by atoms with Crippen LogP contribution >= 0.6 is 0 Å². The van der Waals surface area contributed by atoms with Crippen LogP contribution in [0.15, 0.2) is 71.5 Å². The number of fused-ring (bicyclic) bond motifs is 3. The third kappa shape index (κ3) is 2.57. The zero-order valence-corrected chi connectivity index (χ0v) is 17.1. The molecule has 0 heterocycles. The Bertz CT molecular complexity index is 845. The summed E-state index contributed by atoms with van der Waals surface area (Å²) < 4.78 is 0. The minimum atomic E-state index is -1.24. The van der Waals surface area contributed by atoms with Gasteiger partial charge in [0.2, 0.25) is 0 Å². The Labute approximate surface area is 153 Å². The Hall–Kier alpha value is -1.86. The summed E-state index contributed by atoms with van der Waals surface area (Å²) in [5.74, 6) is 0.445. The van der Waals surface area contributed by atoms with E-state index in [1.54, 1.807) is 10.8 Å². The van der Waals surface area contributed by atoms with E-state index in [4.69, 9.17) is 0 Å². The molecule has 0 radical (unpaired) electrons. The summed E-state index contributed by atoms with van der Waals surface area (Å²) in [5.41, 5.74) is 7.57. The van der Waals surface area contributed by atoms with Crippen molar-refractivity contribution in [2.24, 2.45) is 5.41 Å². The molecule has 0 fully saturated rings. The molecule has 25 heavy (non-hydrogen) atoms. The van der Waals surface area contributed by atoms with Crippen LogP contribution in [0.3, 0.4) is 0 Å². The predicted molar refractivity (Wildman–Crippen MR) is 112 cm³/mol. The lowest BCUT2D eigenvalue weighted by Gasteiger charge is -2.35. The number of benzene rings is 2. The van der Waals surface area contributed by atoms with Gasteiger partial charge in [0.25, 0.3) is 0 Å². The van der Waals surface area contributed by atoms with E-state index in [0.717, 1.165) is 6.42 Å². The molecule has 0 aliphatic heterocycles. The third-order valence-corrected chi connectivity index (χ3v) is 8.20. The molecule has 0 saturated carbocycles. The van der Waals surface area contributed by atoms with Crippen molar-refractivity contribution in [3.63, 3.8) is 0 Å². The highest BCUT2D eigenvalue weighted by Crippen LogP contribution is 2.56. The van der Waals surface area contributed by atoms with E-state index in [-0.39, 0.29) is 5.41 Å². The fraction of sp³-hybridized carbons (Fsp3) is 0.333. The summed E-state index contributed by atoms with van der Waals surface area (Å²) in [6, 6.07) is 18.0. The lowest BCUT2D eigenvalue weighted by atomic mass is 9.68. The van der Waals surface area contributed by atoms with Gasteiger partial charge in [0.15, 0.2) is 0 Å². The monoisotopic (exact) mass is 344 g/mol. The molecule has 0 saturated heterocycles. The molecule has 2 aromatic carbocycles. The molecule has 0 aromatic heterocycles. The van der Waals surface area contributed by atoms with Gasteiger partial charge in [-0.1, -0.05) is 105 Å². The third-order valence-electron chi connectivity index (χ3n) is 6.12. The van der Waals surface area contributed by atoms with Gasteiger partial charge in [0.05, 0.1) is 8.07 Å². The smallest absolute Gasteiger partial charge is 0.0771 e. The van der Waals surface area contributed by atoms with Crippen LogP contribution in [0.5, 0.6) is 0 Å². The van der Waals surface area contributed by atoms with Gasteiger partial charge in [0.1, 0.15) is 0 Å². The van der Waals surface area contributed by atoms with Gasteiger partial charge in [-0.25, -0.2) is 0 Å². The maximum Gasteiger partial charge on any atom is 0.0771 e. The van der Waals surface area contributed by atoms with Gasteiger partial charge < -0.3 is 0 Å². The minimum absolute atomic E-state index is 0.126. The van der Waals surface area contributed by atoms with E-state index >= 15 is 0 Å². The van der Waals surface area contributed by atoms with Crippen LogP contribution < -0.4 is 0 Å². The van der Waals surface area contributed by atoms with E-state index in [2.05, 4.69) is 94.2 Å². The Balaban J connectivity index is 1.82. The SMILES string of the molecule is CC(C)(C1=CC([Si](C)(C)C)=CC1)C1c2ccccc2-c2ccccc21. The normalized spacial score (nSPS) is 17.2. The maximum atomic E-state index is 2.54. The number of rotatable bonds is 3. The zero-order chi connectivity index (χ0) is 17.8. The summed E-state index contributed by atoms with van der Waals surface area (Å²) in [6.45, 7) is 12.2. The second kappa shape index (κ2) is 5.57. The maximum absolute atomic E-state index is 2.54. The van der Waals surface area contributed by atoms with Crippen molar-refractivity contribution in [1.29, 1.82) is 0 Å². The molecule has 0 unspecified atom stereocenters. The molecule has 0 nitrogen and oxygen atoms in total. The van der Waals surface area contributed by atoms with E-state index in [1.807, 2.05) is 0 Å². The summed E-state index contributed by atoms with van der Waals surface area (Å²) in [7, 11) is -1.24. The highest BCUT2D eigenvalue weighted by atomic mass is 28.3. The van der Waals surface area contributed by atoms with E-state index < -0.39 is 8.07 Å². The summed E-state index contributed by atoms with van der Waals surface area (Å²) >= 11 is 0. The first-order chi connectivity index (χ1) is 11.8. The summed E-state index contributed by atoms with van der Waals surface area (Å²) in [4.78, 5) is 0. The van der Waals surface area contributed by atoms with Gasteiger partial charge in [-0.3, -0.25) is 0 Å². The van der Waals surface area contributed by atoms with Gasteiger partial charge in [-0.2, -0.15) is 0 Å². The summed E-state index contributed by atoms with van der Waals surface area (Å²) in [6.07, 6.45) is 6.15. The minimum Gasteiger partial charge on any atom is -0.0812 e. The molecule has 1 heteroatoms. The van der Waals surface area contributed by atoms with Crippen LogP contribution in [0.2, 0.25) is 19.6 Å². The molecule has 2 aliphatic carbocycles. The lowest BCUT2D eigenvalue weighted by Crippen LogP contribution is -2.25. The fourth-order valence-corrected chi connectivity index (χ4v) is 5.94. The average Bonchev–Trinajstić information content (AvgIpc) is 3.18. The second-order valence-electron chi connectivity index (χ2n) is 9.11. The first-order valence-electron chi connectivity index (χ1n) is 9.40. The molecular weight excluding hydrogens is 316 g/mol. The molecule has 4 rings (SSSR count). The summed E-state index contributed by atoms with van der Waals surface area (Å²) in [5, 5.41) is 1.62. The Kier molecular flexibility index (Phi) is 3.70. The van der Waals surface area contributed by atoms with Crippen molar-refractivity contribution in [2.75, 3.05) is 0 Å². The number of hydrogen-bond acceptors (Lipinski definition) is 0. The van der Waals surface area contributed by atoms with Crippen molar-refractivity contribution in [1.82, 2.24) is 0 Å². The molecule has 128 valence electrons. The number of hydrogen-bond donors (Lipinski definition) is 0. The molecule has 0 spiro atoms. The Morgan fingerprint density at radius 3 is 1.84 bits per heavy atom. The molecule has 0 N–H and O–H groups in total. The largest absolute Gasteiger partial charge is 0.0812 e. The first kappa shape index (κ1) is 16.6. The molecular formula is C24H28Si. The van der Waals surface area contributed by atoms with Crippen molar-refractivity contribution in [2.45, 2.75) is 45.8 Å². The molecule has 0 amide bonds. The van der Waals surface area contributed by atoms with Crippen LogP contribution in [-0.4, -0.2) is 8.07 Å². The van der Waals surface area contributed by atoms with Crippen LogP contribution in [0.25, 0.3) is 11.1 Å². The number of allylic oxidation sites excluding steroid dienone is 4. The molecule has 2 aliphatic rings. The molecule has 0 bridgehead atoms. The fourth-order valence-electron chi connectivity index (χ4n) is 4.62. The first-order valence-corrected chi connectivity index (χ1v) is 12.9. The van der Waals surface area contributed by atoms with Crippen LogP contribution in [0, 0.1) is 5.41 Å². The molecule has 2 aromatic rings. The highest BCUT2D eigenvalue weighted by Gasteiger charge is 2.42. The van der Waals surface area contributed by atoms with Crippen LogP contribution in [-0.2, 0) is 0 Å². The van der Waals surface area contributed by atoms with Gasteiger partial charge >= 0.3 is 0 Å². The van der Waals surface area contributed by atoms with Gasteiger partial charge in [-0.15, -0.1) is 0 Å². The van der Waals surface area contributed by atoms with Crippen LogP contribution in [0.4, 0.5) is 0 Å². The topological polar surface area (TPSA) is 0 Å². The lowest BCUT2D eigenvalue weighted by molar-refractivity contribution is 0.388. The second-order valence-corrected chi connectivity index (χ2v) is 14.2. The van der Waals surface area contributed by atoms with Crippen LogP contribution in [0.1, 0.15) is 37.3 Å². The van der Waals surface area contributed by atoms with E-state index in [1.165, 1.54) is 22.3 Å². The zero-order valence-electron chi connectivity index (χ0n) is 16.1. The predicted octanol–water partition coefficient (Wildman–Crippen LogP) is 6.96. The van der Waals surface area contributed by atoms with Gasteiger partial charge in [-0.05, 0) is 34.1 Å². The van der Waals surface area contributed by atoms with E-state index in [0.29, 0.717) is 5.92 Å². The van der Waals surface area contributed by atoms with Crippen molar-refractivity contribution >= 4 is 8.07 Å². The Morgan fingerprint density at radius 1 is 0.840 bits per heavy atom. The highest BCUT2D eigenvalue weighted by molar-refractivity contribution is 6.83. The van der Waals surface area contributed by atoms with Crippen molar-refractivity contribution in [3.8, 4) is 11.1 Å². The van der Waals surface area contributed by atoms with Gasteiger partial charge in [0, 0.05) is 5.92 Å². The molecule has 0 atom stereocenters. The van der Waals surface area contributed by atoms with Crippen molar-refractivity contribution in [3.05, 3.63) is 82.6 Å². The standard InChI is InChI=1S/C24H28Si/c1-24(2,17-14-15-18(16-17)25(3,4)5)23-21-12-8-6-10-19(21)20-11-7-9-13-22(20)23/h6-13,15-16,23H,14H2,1-5H3. The Morgan fingerprint density at radius 2 is 1.36 bits per heavy atom. The quantitative estimate of drug-likeness (QED) is 0.528. The van der Waals surface area contributed by atoms with Crippen molar-refractivity contribution < 1.29 is 0 Å². The van der Waals surface area contributed by atoms with E-state index in [9.17, 15) is 0 Å². The average molecular weight is 345 g/mol.